The number of rotatable bonds is 9. The van der Waals surface area contributed by atoms with E-state index in [1.807, 2.05) is 19.1 Å². The van der Waals surface area contributed by atoms with E-state index in [4.69, 9.17) is 9.47 Å². The van der Waals surface area contributed by atoms with Crippen molar-refractivity contribution < 1.29 is 22.7 Å². The molecule has 0 saturated heterocycles. The summed E-state index contributed by atoms with van der Waals surface area (Å²) in [6, 6.07) is 18.6. The molecule has 0 spiro atoms. The van der Waals surface area contributed by atoms with Gasteiger partial charge < -0.3 is 9.47 Å². The standard InChI is InChI=1S/C25H27N3O5S/c1-18-10-11-19(2)23(14-18)28(34(30,31)22-8-6-5-7-9-22)17-25(29)27-26-16-20-15-21(32-3)12-13-24(20)33-4/h5-16H,17H2,1-4H3,(H,27,29)/b26-16-. The second-order valence-electron chi connectivity index (χ2n) is 7.52. The molecule has 0 saturated carbocycles. The second kappa shape index (κ2) is 10.8. The molecule has 3 aromatic rings. The number of aryl methyl sites for hydroxylation is 2. The lowest BCUT2D eigenvalue weighted by atomic mass is 10.1. The minimum absolute atomic E-state index is 0.0910. The monoisotopic (exact) mass is 481 g/mol. The first-order chi connectivity index (χ1) is 16.3. The summed E-state index contributed by atoms with van der Waals surface area (Å²) in [7, 11) is -0.938. The number of ether oxygens (including phenoxy) is 2. The Morgan fingerprint density at radius 2 is 1.74 bits per heavy atom. The summed E-state index contributed by atoms with van der Waals surface area (Å²) in [6.45, 7) is 3.21. The van der Waals surface area contributed by atoms with Crippen molar-refractivity contribution in [3.63, 3.8) is 0 Å². The van der Waals surface area contributed by atoms with Crippen LogP contribution in [0.4, 0.5) is 5.69 Å². The molecule has 34 heavy (non-hydrogen) atoms. The fourth-order valence-corrected chi connectivity index (χ4v) is 4.79. The number of nitrogens with zero attached hydrogens (tertiary/aromatic N) is 2. The molecule has 0 heterocycles. The molecule has 3 aromatic carbocycles. The first-order valence-electron chi connectivity index (χ1n) is 10.4. The van der Waals surface area contributed by atoms with E-state index in [0.717, 1.165) is 15.4 Å². The zero-order chi connectivity index (χ0) is 24.7. The van der Waals surface area contributed by atoms with Gasteiger partial charge in [-0.2, -0.15) is 5.10 Å². The molecule has 8 nitrogen and oxygen atoms in total. The first-order valence-corrected chi connectivity index (χ1v) is 11.9. The summed E-state index contributed by atoms with van der Waals surface area (Å²) in [5.41, 5.74) is 5.02. The van der Waals surface area contributed by atoms with Gasteiger partial charge in [0.2, 0.25) is 0 Å². The zero-order valence-electron chi connectivity index (χ0n) is 19.5. The Kier molecular flexibility index (Phi) is 7.91. The number of methoxy groups -OCH3 is 2. The molecule has 178 valence electrons. The molecule has 0 aromatic heterocycles. The maximum absolute atomic E-state index is 13.5. The fourth-order valence-electron chi connectivity index (χ4n) is 3.29. The Morgan fingerprint density at radius 1 is 1.00 bits per heavy atom. The maximum atomic E-state index is 13.5. The zero-order valence-corrected chi connectivity index (χ0v) is 20.3. The van der Waals surface area contributed by atoms with Gasteiger partial charge in [-0.3, -0.25) is 9.10 Å². The molecule has 0 radical (unpaired) electrons. The average Bonchev–Trinajstić information content (AvgIpc) is 2.84. The molecule has 3 rings (SSSR count). The van der Waals surface area contributed by atoms with Gasteiger partial charge in [-0.25, -0.2) is 13.8 Å². The first kappa shape index (κ1) is 24.8. The van der Waals surface area contributed by atoms with Gasteiger partial charge in [0.05, 0.1) is 31.0 Å². The predicted molar refractivity (Wildman–Crippen MR) is 132 cm³/mol. The summed E-state index contributed by atoms with van der Waals surface area (Å²) >= 11 is 0. The van der Waals surface area contributed by atoms with E-state index in [1.165, 1.54) is 25.5 Å². The smallest absolute Gasteiger partial charge is 0.264 e. The predicted octanol–water partition coefficient (Wildman–Crippen LogP) is 3.67. The van der Waals surface area contributed by atoms with E-state index in [2.05, 4.69) is 10.5 Å². The van der Waals surface area contributed by atoms with Gasteiger partial charge in [0.25, 0.3) is 15.9 Å². The highest BCUT2D eigenvalue weighted by atomic mass is 32.2. The van der Waals surface area contributed by atoms with Crippen LogP contribution in [0.25, 0.3) is 0 Å². The van der Waals surface area contributed by atoms with Gasteiger partial charge in [0.15, 0.2) is 0 Å². The number of amides is 1. The lowest BCUT2D eigenvalue weighted by molar-refractivity contribution is -0.119. The summed E-state index contributed by atoms with van der Waals surface area (Å²) < 4.78 is 38.5. The van der Waals surface area contributed by atoms with Crippen molar-refractivity contribution in [2.24, 2.45) is 5.10 Å². The SMILES string of the molecule is COc1ccc(OC)c(/C=N\NC(=O)CN(c2cc(C)ccc2C)S(=O)(=O)c2ccccc2)c1. The quantitative estimate of drug-likeness (QED) is 0.372. The van der Waals surface area contributed by atoms with Crippen LogP contribution in [0, 0.1) is 13.8 Å². The van der Waals surface area contributed by atoms with Gasteiger partial charge in [-0.1, -0.05) is 30.3 Å². The average molecular weight is 482 g/mol. The largest absolute Gasteiger partial charge is 0.497 e. The molecule has 9 heteroatoms. The number of hydrazone groups is 1. The van der Waals surface area contributed by atoms with Crippen molar-refractivity contribution in [1.82, 2.24) is 5.43 Å². The molecule has 0 bridgehead atoms. The molecule has 0 atom stereocenters. The topological polar surface area (TPSA) is 97.3 Å². The minimum atomic E-state index is -4.00. The van der Waals surface area contributed by atoms with Crippen molar-refractivity contribution in [2.75, 3.05) is 25.1 Å². The molecular weight excluding hydrogens is 454 g/mol. The van der Waals surface area contributed by atoms with Gasteiger partial charge >= 0.3 is 0 Å². The Hall–Kier alpha value is -3.85. The van der Waals surface area contributed by atoms with E-state index in [9.17, 15) is 13.2 Å². The molecule has 1 amide bonds. The number of carbonyl (C=O) groups excluding carboxylic acids is 1. The lowest BCUT2D eigenvalue weighted by Crippen LogP contribution is -2.40. The molecular formula is C25H27N3O5S. The van der Waals surface area contributed by atoms with E-state index in [1.54, 1.807) is 56.5 Å². The molecule has 0 unspecified atom stereocenters. The van der Waals surface area contributed by atoms with Crippen LogP contribution in [0.3, 0.4) is 0 Å². The Labute approximate surface area is 199 Å². The van der Waals surface area contributed by atoms with Crippen LogP contribution in [0.5, 0.6) is 11.5 Å². The Morgan fingerprint density at radius 3 is 2.41 bits per heavy atom. The summed E-state index contributed by atoms with van der Waals surface area (Å²) in [5, 5.41) is 3.99. The highest BCUT2D eigenvalue weighted by molar-refractivity contribution is 7.92. The summed E-state index contributed by atoms with van der Waals surface area (Å²) in [6.07, 6.45) is 1.41. The lowest BCUT2D eigenvalue weighted by Gasteiger charge is -2.25. The number of nitrogens with one attached hydrogen (secondary N) is 1. The van der Waals surface area contributed by atoms with Crippen molar-refractivity contribution >= 4 is 27.8 Å². The number of benzene rings is 3. The van der Waals surface area contributed by atoms with E-state index >= 15 is 0 Å². The molecule has 0 fully saturated rings. The van der Waals surface area contributed by atoms with Crippen LogP contribution in [-0.2, 0) is 14.8 Å². The third-order valence-corrected chi connectivity index (χ3v) is 6.86. The maximum Gasteiger partial charge on any atom is 0.264 e. The van der Waals surface area contributed by atoms with E-state index in [0.29, 0.717) is 22.7 Å². The third-order valence-electron chi connectivity index (χ3n) is 5.08. The van der Waals surface area contributed by atoms with E-state index in [-0.39, 0.29) is 4.90 Å². The number of hydrogen-bond donors (Lipinski definition) is 1. The van der Waals surface area contributed by atoms with Gasteiger partial charge in [-0.15, -0.1) is 0 Å². The highest BCUT2D eigenvalue weighted by Gasteiger charge is 2.28. The summed E-state index contributed by atoms with van der Waals surface area (Å²) in [5.74, 6) is 0.546. The molecule has 0 aliphatic rings. The van der Waals surface area contributed by atoms with E-state index < -0.39 is 22.5 Å². The number of hydrogen-bond acceptors (Lipinski definition) is 6. The van der Waals surface area contributed by atoms with Crippen LogP contribution in [-0.4, -0.2) is 41.3 Å². The van der Waals surface area contributed by atoms with Gasteiger partial charge in [0, 0.05) is 5.56 Å². The van der Waals surface area contributed by atoms with Crippen molar-refractivity contribution in [2.45, 2.75) is 18.7 Å². The number of carbonyl (C=O) groups is 1. The van der Waals surface area contributed by atoms with Gasteiger partial charge in [-0.05, 0) is 61.4 Å². The highest BCUT2D eigenvalue weighted by Crippen LogP contribution is 2.28. The van der Waals surface area contributed by atoms with Crippen molar-refractivity contribution in [3.8, 4) is 11.5 Å². The molecule has 0 aliphatic heterocycles. The van der Waals surface area contributed by atoms with Crippen LogP contribution in [0.2, 0.25) is 0 Å². The Bertz CT molecular complexity index is 1290. The van der Waals surface area contributed by atoms with Crippen LogP contribution < -0.4 is 19.2 Å². The molecule has 0 aliphatic carbocycles. The van der Waals surface area contributed by atoms with Gasteiger partial charge in [0.1, 0.15) is 18.0 Å². The molecule has 1 N–H and O–H groups in total. The fraction of sp³-hybridized carbons (Fsp3) is 0.200. The normalized spacial score (nSPS) is 11.3. The Balaban J connectivity index is 1.88. The minimum Gasteiger partial charge on any atom is -0.497 e. The summed E-state index contributed by atoms with van der Waals surface area (Å²) in [4.78, 5) is 12.9. The van der Waals surface area contributed by atoms with Crippen LogP contribution in [0.15, 0.2) is 76.7 Å². The van der Waals surface area contributed by atoms with Crippen molar-refractivity contribution in [3.05, 3.63) is 83.4 Å². The second-order valence-corrected chi connectivity index (χ2v) is 9.38. The number of anilines is 1. The number of sulfonamides is 1. The van der Waals surface area contributed by atoms with Crippen LogP contribution >= 0.6 is 0 Å². The van der Waals surface area contributed by atoms with Crippen molar-refractivity contribution in [1.29, 1.82) is 0 Å². The van der Waals surface area contributed by atoms with Crippen LogP contribution in [0.1, 0.15) is 16.7 Å². The third kappa shape index (κ3) is 5.74.